The molecular weight excluding hydrogens is 240 g/mol. The highest BCUT2D eigenvalue weighted by molar-refractivity contribution is 5.41. The number of aromatic nitrogens is 5. The molecule has 2 aromatic rings. The molecule has 0 saturated heterocycles. The van der Waals surface area contributed by atoms with E-state index in [4.69, 9.17) is 5.73 Å². The van der Waals surface area contributed by atoms with Gasteiger partial charge >= 0.3 is 0 Å². The molecule has 0 aliphatic heterocycles. The van der Waals surface area contributed by atoms with Gasteiger partial charge in [-0.15, -0.1) is 10.2 Å². The third-order valence-electron chi connectivity index (χ3n) is 3.22. The molecule has 0 bridgehead atoms. The summed E-state index contributed by atoms with van der Waals surface area (Å²) in [4.78, 5) is 4.30. The van der Waals surface area contributed by atoms with Crippen LogP contribution >= 0.6 is 0 Å². The zero-order valence-corrected chi connectivity index (χ0v) is 11.9. The van der Waals surface area contributed by atoms with Crippen molar-refractivity contribution in [2.24, 2.45) is 5.73 Å². The van der Waals surface area contributed by atoms with E-state index in [9.17, 15) is 0 Å². The summed E-state index contributed by atoms with van der Waals surface area (Å²) in [5.41, 5.74) is 9.13. The van der Waals surface area contributed by atoms with Crippen LogP contribution < -0.4 is 5.73 Å². The standard InChI is InChI=1S/C13H20N6/c1-5-10-11(7-14)13(17-16-12(10)6-2)19-9(4)15-8(3)18-19/h5-7,14H2,1-4H3. The molecule has 0 radical (unpaired) electrons. The Balaban J connectivity index is 2.67. The van der Waals surface area contributed by atoms with Gasteiger partial charge in [0, 0.05) is 12.1 Å². The number of aryl methyl sites for hydroxylation is 3. The topological polar surface area (TPSA) is 82.5 Å². The Morgan fingerprint density at radius 1 is 1.05 bits per heavy atom. The first-order valence-corrected chi connectivity index (χ1v) is 6.60. The molecule has 0 fully saturated rings. The summed E-state index contributed by atoms with van der Waals surface area (Å²) in [6, 6.07) is 0. The largest absolute Gasteiger partial charge is 0.326 e. The fourth-order valence-corrected chi connectivity index (χ4v) is 2.35. The number of hydrogen-bond donors (Lipinski definition) is 1. The summed E-state index contributed by atoms with van der Waals surface area (Å²) in [6.45, 7) is 8.38. The lowest BCUT2D eigenvalue weighted by Gasteiger charge is -2.14. The lowest BCUT2D eigenvalue weighted by atomic mass is 10.0. The van der Waals surface area contributed by atoms with Crippen LogP contribution in [0, 0.1) is 13.8 Å². The van der Waals surface area contributed by atoms with E-state index in [1.54, 1.807) is 4.68 Å². The minimum absolute atomic E-state index is 0.430. The first-order valence-electron chi connectivity index (χ1n) is 6.60. The van der Waals surface area contributed by atoms with Crippen LogP contribution in [-0.4, -0.2) is 25.0 Å². The van der Waals surface area contributed by atoms with Gasteiger partial charge in [0.05, 0.1) is 5.69 Å². The highest BCUT2D eigenvalue weighted by atomic mass is 15.4. The lowest BCUT2D eigenvalue weighted by Crippen LogP contribution is -2.16. The lowest BCUT2D eigenvalue weighted by molar-refractivity contribution is 0.735. The van der Waals surface area contributed by atoms with Gasteiger partial charge in [-0.25, -0.2) is 4.98 Å². The van der Waals surface area contributed by atoms with Crippen molar-refractivity contribution in [3.05, 3.63) is 28.5 Å². The molecule has 2 aromatic heterocycles. The van der Waals surface area contributed by atoms with Gasteiger partial charge in [-0.2, -0.15) is 9.78 Å². The summed E-state index contributed by atoms with van der Waals surface area (Å²) in [5, 5.41) is 13.0. The number of nitrogens with zero attached hydrogens (tertiary/aromatic N) is 5. The van der Waals surface area contributed by atoms with E-state index in [0.29, 0.717) is 12.4 Å². The second-order valence-electron chi connectivity index (χ2n) is 4.46. The Bertz CT molecular complexity index is 587. The molecule has 0 atom stereocenters. The molecule has 0 aliphatic rings. The average Bonchev–Trinajstić information content (AvgIpc) is 2.75. The van der Waals surface area contributed by atoms with E-state index in [1.165, 1.54) is 5.56 Å². The summed E-state index contributed by atoms with van der Waals surface area (Å²) < 4.78 is 1.73. The average molecular weight is 260 g/mol. The van der Waals surface area contributed by atoms with E-state index >= 15 is 0 Å². The predicted molar refractivity (Wildman–Crippen MR) is 73.1 cm³/mol. The molecule has 2 heterocycles. The van der Waals surface area contributed by atoms with Gasteiger partial charge in [-0.1, -0.05) is 13.8 Å². The van der Waals surface area contributed by atoms with E-state index < -0.39 is 0 Å². The predicted octanol–water partition coefficient (Wildman–Crippen LogP) is 1.26. The number of nitrogens with two attached hydrogens (primary N) is 1. The summed E-state index contributed by atoms with van der Waals surface area (Å²) in [6.07, 6.45) is 1.75. The van der Waals surface area contributed by atoms with Crippen molar-refractivity contribution in [1.82, 2.24) is 25.0 Å². The Hall–Kier alpha value is -1.82. The van der Waals surface area contributed by atoms with Crippen molar-refractivity contribution in [2.75, 3.05) is 0 Å². The molecular formula is C13H20N6. The minimum atomic E-state index is 0.430. The SMILES string of the molecule is CCc1nnc(-n2nc(C)nc2C)c(CN)c1CC. The number of hydrogen-bond acceptors (Lipinski definition) is 5. The third-order valence-corrected chi connectivity index (χ3v) is 3.22. The van der Waals surface area contributed by atoms with Crippen LogP contribution in [-0.2, 0) is 19.4 Å². The van der Waals surface area contributed by atoms with Crippen LogP contribution in [0.3, 0.4) is 0 Å². The smallest absolute Gasteiger partial charge is 0.182 e. The van der Waals surface area contributed by atoms with Crippen LogP contribution in [0.25, 0.3) is 5.82 Å². The molecule has 0 aliphatic carbocycles. The van der Waals surface area contributed by atoms with Crippen LogP contribution in [0.1, 0.15) is 42.3 Å². The molecule has 0 saturated carbocycles. The molecule has 2 N–H and O–H groups in total. The quantitative estimate of drug-likeness (QED) is 0.894. The van der Waals surface area contributed by atoms with Gasteiger partial charge in [-0.3, -0.25) is 0 Å². The fraction of sp³-hybridized carbons (Fsp3) is 0.538. The van der Waals surface area contributed by atoms with Gasteiger partial charge in [0.2, 0.25) is 0 Å². The van der Waals surface area contributed by atoms with Crippen LogP contribution in [0.15, 0.2) is 0 Å². The molecule has 0 aromatic carbocycles. The second kappa shape index (κ2) is 5.44. The van der Waals surface area contributed by atoms with Crippen LogP contribution in [0.2, 0.25) is 0 Å². The van der Waals surface area contributed by atoms with Gasteiger partial charge in [0.25, 0.3) is 0 Å². The van der Waals surface area contributed by atoms with Crippen molar-refractivity contribution < 1.29 is 0 Å². The van der Waals surface area contributed by atoms with Crippen LogP contribution in [0.4, 0.5) is 0 Å². The van der Waals surface area contributed by atoms with E-state index in [-0.39, 0.29) is 0 Å². The van der Waals surface area contributed by atoms with E-state index in [0.717, 1.165) is 35.7 Å². The zero-order chi connectivity index (χ0) is 14.0. The van der Waals surface area contributed by atoms with Gasteiger partial charge in [0.15, 0.2) is 5.82 Å². The van der Waals surface area contributed by atoms with Gasteiger partial charge < -0.3 is 5.73 Å². The summed E-state index contributed by atoms with van der Waals surface area (Å²) in [5.74, 6) is 2.22. The molecule has 0 unspecified atom stereocenters. The fourth-order valence-electron chi connectivity index (χ4n) is 2.35. The summed E-state index contributed by atoms with van der Waals surface area (Å²) >= 11 is 0. The second-order valence-corrected chi connectivity index (χ2v) is 4.46. The maximum atomic E-state index is 5.92. The molecule has 6 nitrogen and oxygen atoms in total. The highest BCUT2D eigenvalue weighted by Crippen LogP contribution is 2.20. The monoisotopic (exact) mass is 260 g/mol. The van der Waals surface area contributed by atoms with Crippen molar-refractivity contribution in [3.8, 4) is 5.82 Å². The third kappa shape index (κ3) is 2.35. The molecule has 102 valence electrons. The van der Waals surface area contributed by atoms with Crippen molar-refractivity contribution in [3.63, 3.8) is 0 Å². The molecule has 19 heavy (non-hydrogen) atoms. The maximum absolute atomic E-state index is 5.92. The maximum Gasteiger partial charge on any atom is 0.182 e. The Morgan fingerprint density at radius 2 is 1.79 bits per heavy atom. The Labute approximate surface area is 113 Å². The van der Waals surface area contributed by atoms with E-state index in [1.807, 2.05) is 13.8 Å². The molecule has 6 heteroatoms. The normalized spacial score (nSPS) is 11.0. The molecule has 0 spiro atoms. The van der Waals surface area contributed by atoms with Gasteiger partial charge in [0.1, 0.15) is 11.6 Å². The Kier molecular flexibility index (Phi) is 3.90. The van der Waals surface area contributed by atoms with Crippen molar-refractivity contribution in [1.29, 1.82) is 0 Å². The van der Waals surface area contributed by atoms with Crippen molar-refractivity contribution in [2.45, 2.75) is 47.1 Å². The first-order chi connectivity index (χ1) is 9.12. The highest BCUT2D eigenvalue weighted by Gasteiger charge is 2.17. The van der Waals surface area contributed by atoms with Crippen LogP contribution in [0.5, 0.6) is 0 Å². The zero-order valence-electron chi connectivity index (χ0n) is 11.9. The minimum Gasteiger partial charge on any atom is -0.326 e. The first kappa shape index (κ1) is 13.6. The molecule has 0 amide bonds. The Morgan fingerprint density at radius 3 is 2.26 bits per heavy atom. The van der Waals surface area contributed by atoms with Gasteiger partial charge in [-0.05, 0) is 32.3 Å². The summed E-state index contributed by atoms with van der Waals surface area (Å²) in [7, 11) is 0. The van der Waals surface area contributed by atoms with E-state index in [2.05, 4.69) is 34.1 Å². The molecule has 2 rings (SSSR count). The van der Waals surface area contributed by atoms with Crippen molar-refractivity contribution >= 4 is 0 Å². The number of rotatable bonds is 4.